The van der Waals surface area contributed by atoms with Crippen LogP contribution in [0.5, 0.6) is 0 Å². The summed E-state index contributed by atoms with van der Waals surface area (Å²) in [7, 11) is 0. The number of benzene rings is 1. The third-order valence-electron chi connectivity index (χ3n) is 4.56. The summed E-state index contributed by atoms with van der Waals surface area (Å²) in [6.45, 7) is 2.47. The van der Waals surface area contributed by atoms with Crippen molar-refractivity contribution in [1.29, 1.82) is 0 Å². The molecule has 0 nitrogen and oxygen atoms in total. The molecule has 3 rings (SSSR count). The Hall–Kier alpha value is -0.490. The van der Waals surface area contributed by atoms with Crippen LogP contribution in [0.4, 0.5) is 0 Å². The molecule has 0 heterocycles. The molecule has 0 N–H and O–H groups in total. The van der Waals surface area contributed by atoms with Gasteiger partial charge in [0.05, 0.1) is 0 Å². The van der Waals surface area contributed by atoms with Gasteiger partial charge in [0.25, 0.3) is 0 Å². The van der Waals surface area contributed by atoms with Gasteiger partial charge in [-0.1, -0.05) is 37.1 Å². The summed E-state index contributed by atoms with van der Waals surface area (Å²) < 4.78 is 0. The second kappa shape index (κ2) is 3.25. The summed E-state index contributed by atoms with van der Waals surface area (Å²) >= 11 is 6.28. The van der Waals surface area contributed by atoms with Crippen LogP contribution in [-0.4, -0.2) is 0 Å². The first kappa shape index (κ1) is 9.72. The maximum absolute atomic E-state index is 6.28. The maximum atomic E-state index is 6.28. The van der Waals surface area contributed by atoms with E-state index >= 15 is 0 Å². The Bertz CT molecular complexity index is 396. The van der Waals surface area contributed by atoms with Crippen molar-refractivity contribution in [2.45, 2.75) is 44.9 Å². The molecule has 0 bridgehead atoms. The Labute approximate surface area is 96.6 Å². The molecule has 1 saturated carbocycles. The van der Waals surface area contributed by atoms with Crippen molar-refractivity contribution in [3.63, 3.8) is 0 Å². The Balaban J connectivity index is 2.13. The van der Waals surface area contributed by atoms with E-state index in [1.165, 1.54) is 37.7 Å². The van der Waals surface area contributed by atoms with E-state index in [1.54, 1.807) is 5.56 Å². The largest absolute Gasteiger partial charge is 0.0840 e. The number of fused-ring (bicyclic) bond motifs is 3. The van der Waals surface area contributed by atoms with E-state index in [1.807, 2.05) is 6.07 Å². The van der Waals surface area contributed by atoms with Crippen LogP contribution < -0.4 is 0 Å². The van der Waals surface area contributed by atoms with Crippen LogP contribution in [0.25, 0.3) is 0 Å². The van der Waals surface area contributed by atoms with Gasteiger partial charge in [0.1, 0.15) is 0 Å². The Morgan fingerprint density at radius 1 is 1.33 bits per heavy atom. The zero-order chi connectivity index (χ0) is 10.5. The fraction of sp³-hybridized carbons (Fsp3) is 0.571. The smallest absolute Gasteiger partial charge is 0.0440 e. The molecule has 1 aromatic rings. The molecular weight excluding hydrogens is 204 g/mol. The molecule has 0 aliphatic heterocycles. The highest BCUT2D eigenvalue weighted by atomic mass is 35.5. The minimum absolute atomic E-state index is 0.567. The number of hydrogen-bond donors (Lipinski definition) is 0. The Morgan fingerprint density at radius 2 is 2.20 bits per heavy atom. The van der Waals surface area contributed by atoms with Gasteiger partial charge in [-0.2, -0.15) is 0 Å². The van der Waals surface area contributed by atoms with Crippen LogP contribution >= 0.6 is 11.6 Å². The van der Waals surface area contributed by atoms with Gasteiger partial charge in [0, 0.05) is 5.02 Å². The van der Waals surface area contributed by atoms with E-state index in [4.69, 9.17) is 11.6 Å². The van der Waals surface area contributed by atoms with Gasteiger partial charge in [-0.15, -0.1) is 0 Å². The minimum atomic E-state index is 0.567. The lowest BCUT2D eigenvalue weighted by Gasteiger charge is -2.38. The van der Waals surface area contributed by atoms with Gasteiger partial charge >= 0.3 is 0 Å². The standard InChI is InChI=1S/C14H17Cl/c1-14-8-3-5-12(14)10-4-2-6-13(15)11(10)7-9-14/h2,4,6,12H,3,5,7-9H2,1H3/t12-,14+/m0/s1. The van der Waals surface area contributed by atoms with Crippen molar-refractivity contribution in [2.75, 3.05) is 0 Å². The first-order valence-electron chi connectivity index (χ1n) is 5.98. The highest BCUT2D eigenvalue weighted by Crippen LogP contribution is 2.56. The van der Waals surface area contributed by atoms with Crippen LogP contribution in [0.1, 0.15) is 49.7 Å². The van der Waals surface area contributed by atoms with E-state index < -0.39 is 0 Å². The van der Waals surface area contributed by atoms with E-state index in [0.717, 1.165) is 10.9 Å². The molecule has 15 heavy (non-hydrogen) atoms. The van der Waals surface area contributed by atoms with Crippen molar-refractivity contribution >= 4 is 11.6 Å². The van der Waals surface area contributed by atoms with Gasteiger partial charge in [0.2, 0.25) is 0 Å². The first-order chi connectivity index (χ1) is 7.21. The molecule has 0 amide bonds. The topological polar surface area (TPSA) is 0 Å². The molecule has 1 fully saturated rings. The molecule has 0 unspecified atom stereocenters. The van der Waals surface area contributed by atoms with Crippen molar-refractivity contribution in [2.24, 2.45) is 5.41 Å². The summed E-state index contributed by atoms with van der Waals surface area (Å²) in [6.07, 6.45) is 6.68. The molecule has 1 aromatic carbocycles. The lowest BCUT2D eigenvalue weighted by Crippen LogP contribution is -2.26. The highest BCUT2D eigenvalue weighted by Gasteiger charge is 2.42. The average molecular weight is 221 g/mol. The SMILES string of the molecule is C[C@]12CCC[C@H]1c1cccc(Cl)c1CC2. The summed E-state index contributed by atoms with van der Waals surface area (Å²) in [5, 5.41) is 0.987. The van der Waals surface area contributed by atoms with Crippen LogP contribution in [0.2, 0.25) is 5.02 Å². The third-order valence-corrected chi connectivity index (χ3v) is 4.91. The van der Waals surface area contributed by atoms with Crippen molar-refractivity contribution in [1.82, 2.24) is 0 Å². The molecule has 2 atom stereocenters. The summed E-state index contributed by atoms with van der Waals surface area (Å²) in [6, 6.07) is 6.46. The molecular formula is C14H17Cl. The van der Waals surface area contributed by atoms with Gasteiger partial charge in [-0.05, 0) is 54.2 Å². The van der Waals surface area contributed by atoms with E-state index in [-0.39, 0.29) is 0 Å². The van der Waals surface area contributed by atoms with E-state index in [2.05, 4.69) is 19.1 Å². The zero-order valence-electron chi connectivity index (χ0n) is 9.22. The number of hydrogen-bond acceptors (Lipinski definition) is 0. The predicted molar refractivity (Wildman–Crippen MR) is 64.5 cm³/mol. The molecule has 0 aromatic heterocycles. The zero-order valence-corrected chi connectivity index (χ0v) is 9.98. The molecule has 2 aliphatic rings. The van der Waals surface area contributed by atoms with Gasteiger partial charge in [-0.3, -0.25) is 0 Å². The van der Waals surface area contributed by atoms with Crippen LogP contribution in [0, 0.1) is 5.41 Å². The minimum Gasteiger partial charge on any atom is -0.0840 e. The lowest BCUT2D eigenvalue weighted by molar-refractivity contribution is 0.252. The van der Waals surface area contributed by atoms with Crippen LogP contribution in [-0.2, 0) is 6.42 Å². The van der Waals surface area contributed by atoms with Crippen LogP contribution in [0.3, 0.4) is 0 Å². The fourth-order valence-corrected chi connectivity index (χ4v) is 3.92. The molecule has 0 radical (unpaired) electrons. The maximum Gasteiger partial charge on any atom is 0.0440 e. The summed E-state index contributed by atoms with van der Waals surface area (Å²) in [5.41, 5.74) is 3.55. The normalized spacial score (nSPS) is 33.6. The second-order valence-corrected chi connectivity index (χ2v) is 5.81. The summed E-state index contributed by atoms with van der Waals surface area (Å²) in [5.74, 6) is 0.778. The fourth-order valence-electron chi connectivity index (χ4n) is 3.64. The first-order valence-corrected chi connectivity index (χ1v) is 6.36. The number of halogens is 1. The van der Waals surface area contributed by atoms with Crippen molar-refractivity contribution < 1.29 is 0 Å². The van der Waals surface area contributed by atoms with Crippen molar-refractivity contribution in [3.8, 4) is 0 Å². The molecule has 0 saturated heterocycles. The Morgan fingerprint density at radius 3 is 3.07 bits per heavy atom. The van der Waals surface area contributed by atoms with E-state index in [0.29, 0.717) is 5.41 Å². The molecule has 0 spiro atoms. The summed E-state index contributed by atoms with van der Waals surface area (Å²) in [4.78, 5) is 0. The predicted octanol–water partition coefficient (Wildman–Crippen LogP) is 4.56. The third kappa shape index (κ3) is 1.34. The lowest BCUT2D eigenvalue weighted by atomic mass is 9.67. The molecule has 1 heteroatoms. The average Bonchev–Trinajstić information content (AvgIpc) is 2.60. The number of rotatable bonds is 0. The van der Waals surface area contributed by atoms with Gasteiger partial charge < -0.3 is 0 Å². The van der Waals surface area contributed by atoms with Crippen LogP contribution in [0.15, 0.2) is 18.2 Å². The van der Waals surface area contributed by atoms with Gasteiger partial charge in [0.15, 0.2) is 0 Å². The molecule has 2 aliphatic carbocycles. The second-order valence-electron chi connectivity index (χ2n) is 5.41. The monoisotopic (exact) mass is 220 g/mol. The quantitative estimate of drug-likeness (QED) is 0.601. The Kier molecular flexibility index (Phi) is 2.10. The van der Waals surface area contributed by atoms with E-state index in [9.17, 15) is 0 Å². The van der Waals surface area contributed by atoms with Crippen molar-refractivity contribution in [3.05, 3.63) is 34.3 Å². The molecule has 80 valence electrons. The van der Waals surface area contributed by atoms with Gasteiger partial charge in [-0.25, -0.2) is 0 Å². The highest BCUT2D eigenvalue weighted by molar-refractivity contribution is 6.31.